The van der Waals surface area contributed by atoms with Gasteiger partial charge in [0.25, 0.3) is 0 Å². The van der Waals surface area contributed by atoms with Gasteiger partial charge in [0.05, 0.1) is 6.10 Å². The third kappa shape index (κ3) is 4.47. The summed E-state index contributed by atoms with van der Waals surface area (Å²) in [6.45, 7) is 6.27. The van der Waals surface area contributed by atoms with Crippen LogP contribution in [0, 0.1) is 6.92 Å². The van der Waals surface area contributed by atoms with Crippen molar-refractivity contribution in [2.45, 2.75) is 58.1 Å². The molecule has 2 unspecified atom stereocenters. The van der Waals surface area contributed by atoms with Gasteiger partial charge in [-0.25, -0.2) is 0 Å². The molecule has 0 aliphatic carbocycles. The molecule has 0 saturated carbocycles. The Morgan fingerprint density at radius 2 is 2.30 bits per heavy atom. The SMILES string of the molecule is CCCNC(CCC1CCCO1)c1ccc(Cl)c(C)c1. The fourth-order valence-corrected chi connectivity index (χ4v) is 2.93. The van der Waals surface area contributed by atoms with E-state index in [1.165, 1.54) is 18.4 Å². The molecule has 20 heavy (non-hydrogen) atoms. The molecule has 1 saturated heterocycles. The van der Waals surface area contributed by atoms with Crippen LogP contribution in [0.1, 0.15) is 56.2 Å². The zero-order valence-electron chi connectivity index (χ0n) is 12.6. The Kier molecular flexibility index (Phi) is 6.34. The standard InChI is InChI=1S/C17H26ClNO/c1-3-10-19-17(9-7-15-5-4-11-20-15)14-6-8-16(18)13(2)12-14/h6,8,12,15,17,19H,3-5,7,9-11H2,1-2H3. The van der Waals surface area contributed by atoms with Gasteiger partial charge in [0.2, 0.25) is 0 Å². The maximum absolute atomic E-state index is 6.13. The number of nitrogens with one attached hydrogen (secondary N) is 1. The van der Waals surface area contributed by atoms with E-state index in [0.717, 1.165) is 43.0 Å². The Bertz CT molecular complexity index is 415. The van der Waals surface area contributed by atoms with Gasteiger partial charge >= 0.3 is 0 Å². The fraction of sp³-hybridized carbons (Fsp3) is 0.647. The molecule has 0 spiro atoms. The van der Waals surface area contributed by atoms with Gasteiger partial charge in [-0.3, -0.25) is 0 Å². The zero-order chi connectivity index (χ0) is 14.4. The molecule has 1 aromatic rings. The molecule has 1 heterocycles. The Hall–Kier alpha value is -0.570. The van der Waals surface area contributed by atoms with Gasteiger partial charge in [-0.1, -0.05) is 30.7 Å². The van der Waals surface area contributed by atoms with Crippen molar-refractivity contribution in [2.75, 3.05) is 13.2 Å². The third-order valence-electron chi connectivity index (χ3n) is 4.03. The molecule has 1 N–H and O–H groups in total. The molecule has 1 aliphatic rings. The minimum atomic E-state index is 0.412. The first-order valence-electron chi connectivity index (χ1n) is 7.81. The fourth-order valence-electron chi connectivity index (χ4n) is 2.81. The largest absolute Gasteiger partial charge is 0.378 e. The second-order valence-corrected chi connectivity index (χ2v) is 6.13. The summed E-state index contributed by atoms with van der Waals surface area (Å²) in [5, 5.41) is 4.51. The molecule has 2 rings (SSSR count). The highest BCUT2D eigenvalue weighted by Gasteiger charge is 2.18. The van der Waals surface area contributed by atoms with Gasteiger partial charge in [0.15, 0.2) is 0 Å². The molecule has 2 nitrogen and oxygen atoms in total. The number of ether oxygens (including phenoxy) is 1. The minimum absolute atomic E-state index is 0.412. The van der Waals surface area contributed by atoms with Gasteiger partial charge in [0.1, 0.15) is 0 Å². The second kappa shape index (κ2) is 8.02. The van der Waals surface area contributed by atoms with Crippen LogP contribution in [0.25, 0.3) is 0 Å². The van der Waals surface area contributed by atoms with Crippen molar-refractivity contribution in [3.05, 3.63) is 34.3 Å². The Morgan fingerprint density at radius 3 is 2.95 bits per heavy atom. The van der Waals surface area contributed by atoms with Gasteiger partial charge in [0, 0.05) is 17.7 Å². The number of rotatable bonds is 7. The Balaban J connectivity index is 1.99. The quantitative estimate of drug-likeness (QED) is 0.790. The van der Waals surface area contributed by atoms with Crippen molar-refractivity contribution in [1.29, 1.82) is 0 Å². The summed E-state index contributed by atoms with van der Waals surface area (Å²) in [6, 6.07) is 6.79. The van der Waals surface area contributed by atoms with Crippen LogP contribution in [0.15, 0.2) is 18.2 Å². The molecule has 1 fully saturated rings. The summed E-state index contributed by atoms with van der Waals surface area (Å²) in [7, 11) is 0. The molecule has 2 atom stereocenters. The number of hydrogen-bond acceptors (Lipinski definition) is 2. The van der Waals surface area contributed by atoms with Crippen LogP contribution < -0.4 is 5.32 Å². The summed E-state index contributed by atoms with van der Waals surface area (Å²) >= 11 is 6.13. The van der Waals surface area contributed by atoms with E-state index in [9.17, 15) is 0 Å². The maximum Gasteiger partial charge on any atom is 0.0576 e. The molecular weight excluding hydrogens is 270 g/mol. The van der Waals surface area contributed by atoms with E-state index in [-0.39, 0.29) is 0 Å². The Morgan fingerprint density at radius 1 is 1.45 bits per heavy atom. The predicted octanol–water partition coefficient (Wildman–Crippen LogP) is 4.65. The lowest BCUT2D eigenvalue weighted by Crippen LogP contribution is -2.23. The summed E-state index contributed by atoms with van der Waals surface area (Å²) < 4.78 is 5.74. The lowest BCUT2D eigenvalue weighted by atomic mass is 9.97. The molecule has 0 bridgehead atoms. The number of benzene rings is 1. The average molecular weight is 296 g/mol. The van der Waals surface area contributed by atoms with Gasteiger partial charge in [-0.2, -0.15) is 0 Å². The number of halogens is 1. The molecule has 112 valence electrons. The zero-order valence-corrected chi connectivity index (χ0v) is 13.4. The summed E-state index contributed by atoms with van der Waals surface area (Å²) in [6.07, 6.45) is 6.34. The first-order chi connectivity index (χ1) is 9.70. The summed E-state index contributed by atoms with van der Waals surface area (Å²) in [5.41, 5.74) is 2.50. The van der Waals surface area contributed by atoms with E-state index < -0.39 is 0 Å². The summed E-state index contributed by atoms with van der Waals surface area (Å²) in [4.78, 5) is 0. The lowest BCUT2D eigenvalue weighted by molar-refractivity contribution is 0.0996. The van der Waals surface area contributed by atoms with Gasteiger partial charge < -0.3 is 10.1 Å². The third-order valence-corrected chi connectivity index (χ3v) is 4.45. The number of hydrogen-bond donors (Lipinski definition) is 1. The lowest BCUT2D eigenvalue weighted by Gasteiger charge is -2.21. The van der Waals surface area contributed by atoms with Gasteiger partial charge in [-0.05, 0) is 62.8 Å². The van der Waals surface area contributed by atoms with Crippen molar-refractivity contribution in [3.63, 3.8) is 0 Å². The topological polar surface area (TPSA) is 21.3 Å². The highest BCUT2D eigenvalue weighted by atomic mass is 35.5. The Labute approximate surface area is 127 Å². The molecule has 0 radical (unpaired) electrons. The van der Waals surface area contributed by atoms with Crippen LogP contribution in [0.3, 0.4) is 0 Å². The molecule has 3 heteroatoms. The summed E-state index contributed by atoms with van der Waals surface area (Å²) in [5.74, 6) is 0. The van der Waals surface area contributed by atoms with Crippen LogP contribution in [-0.2, 0) is 4.74 Å². The predicted molar refractivity (Wildman–Crippen MR) is 85.4 cm³/mol. The van der Waals surface area contributed by atoms with E-state index >= 15 is 0 Å². The van der Waals surface area contributed by atoms with E-state index in [0.29, 0.717) is 12.1 Å². The number of aryl methyl sites for hydroxylation is 1. The van der Waals surface area contributed by atoms with Crippen molar-refractivity contribution in [2.24, 2.45) is 0 Å². The van der Waals surface area contributed by atoms with Crippen molar-refractivity contribution in [1.82, 2.24) is 5.32 Å². The molecule has 1 aromatic carbocycles. The minimum Gasteiger partial charge on any atom is -0.378 e. The maximum atomic E-state index is 6.13. The highest BCUT2D eigenvalue weighted by molar-refractivity contribution is 6.31. The molecular formula is C17H26ClNO. The van der Waals surface area contributed by atoms with Crippen LogP contribution in [-0.4, -0.2) is 19.3 Å². The van der Waals surface area contributed by atoms with Crippen LogP contribution in [0.5, 0.6) is 0 Å². The van der Waals surface area contributed by atoms with E-state index in [1.54, 1.807) is 0 Å². The normalized spacial score (nSPS) is 20.2. The first kappa shape index (κ1) is 15.8. The molecule has 0 aromatic heterocycles. The van der Waals surface area contributed by atoms with Gasteiger partial charge in [-0.15, -0.1) is 0 Å². The first-order valence-corrected chi connectivity index (χ1v) is 8.19. The second-order valence-electron chi connectivity index (χ2n) is 5.73. The molecule has 0 amide bonds. The van der Waals surface area contributed by atoms with Crippen molar-refractivity contribution in [3.8, 4) is 0 Å². The average Bonchev–Trinajstić information content (AvgIpc) is 2.95. The van der Waals surface area contributed by atoms with Crippen LogP contribution in [0.4, 0.5) is 0 Å². The monoisotopic (exact) mass is 295 g/mol. The van der Waals surface area contributed by atoms with Crippen LogP contribution >= 0.6 is 11.6 Å². The highest BCUT2D eigenvalue weighted by Crippen LogP contribution is 2.26. The molecule has 1 aliphatic heterocycles. The van der Waals surface area contributed by atoms with Crippen molar-refractivity contribution < 1.29 is 4.74 Å². The smallest absolute Gasteiger partial charge is 0.0576 e. The van der Waals surface area contributed by atoms with E-state index in [1.807, 2.05) is 6.07 Å². The van der Waals surface area contributed by atoms with E-state index in [2.05, 4.69) is 31.3 Å². The van der Waals surface area contributed by atoms with E-state index in [4.69, 9.17) is 16.3 Å². The van der Waals surface area contributed by atoms with Crippen LogP contribution in [0.2, 0.25) is 5.02 Å². The van der Waals surface area contributed by atoms with Crippen molar-refractivity contribution >= 4 is 11.6 Å².